The van der Waals surface area contributed by atoms with Crippen LogP contribution < -0.4 is 4.74 Å². The second-order valence-electron chi connectivity index (χ2n) is 4.97. The smallest absolute Gasteiger partial charge is 0.338 e. The summed E-state index contributed by atoms with van der Waals surface area (Å²) in [6.45, 7) is -0.0667. The molecule has 0 amide bonds. The maximum atomic E-state index is 13.6. The first-order chi connectivity index (χ1) is 11.7. The molecule has 0 aliphatic carbocycles. The van der Waals surface area contributed by atoms with E-state index in [-0.39, 0.29) is 17.9 Å². The Morgan fingerprint density at radius 2 is 1.96 bits per heavy atom. The van der Waals surface area contributed by atoms with Crippen LogP contribution >= 0.6 is 0 Å². The molecule has 0 atom stereocenters. The summed E-state index contributed by atoms with van der Waals surface area (Å²) in [5.74, 6) is -0.631. The molecule has 0 fully saturated rings. The van der Waals surface area contributed by atoms with Gasteiger partial charge in [-0.05, 0) is 18.2 Å². The fourth-order valence-electron chi connectivity index (χ4n) is 2.13. The van der Waals surface area contributed by atoms with Crippen molar-refractivity contribution in [1.82, 2.24) is 5.16 Å². The molecule has 5 nitrogen and oxygen atoms in total. The van der Waals surface area contributed by atoms with Gasteiger partial charge in [-0.1, -0.05) is 35.5 Å². The molecule has 0 spiro atoms. The molecule has 0 aliphatic heterocycles. The Bertz CT molecular complexity index is 845. The first kappa shape index (κ1) is 15.7. The van der Waals surface area contributed by atoms with E-state index in [2.05, 4.69) is 5.16 Å². The van der Waals surface area contributed by atoms with Gasteiger partial charge in [-0.15, -0.1) is 0 Å². The molecular weight excluding hydrogens is 313 g/mol. The lowest BCUT2D eigenvalue weighted by molar-refractivity contribution is 0.0463. The number of halogens is 1. The van der Waals surface area contributed by atoms with Crippen molar-refractivity contribution in [3.05, 3.63) is 71.7 Å². The maximum absolute atomic E-state index is 13.6. The highest BCUT2D eigenvalue weighted by Gasteiger charge is 2.13. The van der Waals surface area contributed by atoms with E-state index in [9.17, 15) is 9.18 Å². The summed E-state index contributed by atoms with van der Waals surface area (Å²) >= 11 is 0. The molecule has 0 N–H and O–H groups in total. The number of aromatic nitrogens is 1. The van der Waals surface area contributed by atoms with E-state index < -0.39 is 11.8 Å². The normalized spacial score (nSPS) is 10.4. The molecule has 0 bridgehead atoms. The Morgan fingerprint density at radius 1 is 1.17 bits per heavy atom. The van der Waals surface area contributed by atoms with Crippen molar-refractivity contribution in [2.24, 2.45) is 0 Å². The number of nitrogens with zero attached hydrogens (tertiary/aromatic N) is 1. The van der Waals surface area contributed by atoms with E-state index >= 15 is 0 Å². The van der Waals surface area contributed by atoms with Crippen LogP contribution in [0.1, 0.15) is 16.1 Å². The molecule has 0 aliphatic rings. The molecule has 0 radical (unpaired) electrons. The number of methoxy groups -OCH3 is 1. The second-order valence-corrected chi connectivity index (χ2v) is 4.97. The van der Waals surface area contributed by atoms with Crippen LogP contribution in [-0.4, -0.2) is 18.2 Å². The number of esters is 1. The first-order valence-corrected chi connectivity index (χ1v) is 7.19. The van der Waals surface area contributed by atoms with Crippen LogP contribution in [0.25, 0.3) is 11.3 Å². The van der Waals surface area contributed by atoms with Gasteiger partial charge in [0.15, 0.2) is 17.3 Å². The Kier molecular flexibility index (Phi) is 4.56. The van der Waals surface area contributed by atoms with Gasteiger partial charge >= 0.3 is 5.97 Å². The van der Waals surface area contributed by atoms with E-state index in [1.54, 1.807) is 6.07 Å². The van der Waals surface area contributed by atoms with Gasteiger partial charge in [-0.3, -0.25) is 0 Å². The van der Waals surface area contributed by atoms with Crippen LogP contribution in [0.4, 0.5) is 4.39 Å². The number of carbonyl (C=O) groups is 1. The number of hydrogen-bond acceptors (Lipinski definition) is 5. The van der Waals surface area contributed by atoms with Gasteiger partial charge in [0.2, 0.25) is 0 Å². The zero-order valence-electron chi connectivity index (χ0n) is 12.9. The summed E-state index contributed by atoms with van der Waals surface area (Å²) in [7, 11) is 1.35. The summed E-state index contributed by atoms with van der Waals surface area (Å²) in [6.07, 6.45) is 0. The minimum Gasteiger partial charge on any atom is -0.494 e. The van der Waals surface area contributed by atoms with Crippen LogP contribution in [0.5, 0.6) is 5.75 Å². The highest BCUT2D eigenvalue weighted by atomic mass is 19.1. The van der Waals surface area contributed by atoms with Crippen LogP contribution in [0, 0.1) is 5.82 Å². The number of carbonyl (C=O) groups excluding carboxylic acids is 1. The monoisotopic (exact) mass is 327 g/mol. The van der Waals surface area contributed by atoms with Crippen LogP contribution in [0.3, 0.4) is 0 Å². The molecule has 0 saturated carbocycles. The third kappa shape index (κ3) is 3.43. The van der Waals surface area contributed by atoms with Gasteiger partial charge in [0.25, 0.3) is 0 Å². The second kappa shape index (κ2) is 6.95. The van der Waals surface area contributed by atoms with Gasteiger partial charge in [0.05, 0.1) is 12.7 Å². The molecule has 122 valence electrons. The Balaban J connectivity index is 1.65. The standard InChI is InChI=1S/C18H14FNO4/c1-22-16-8-7-13(9-15(16)19)18(21)23-11-14-10-17(24-20-14)12-5-3-2-4-6-12/h2-10H,11H2,1H3. The summed E-state index contributed by atoms with van der Waals surface area (Å²) < 4.78 is 28.8. The number of rotatable bonds is 5. The molecule has 3 rings (SSSR count). The highest BCUT2D eigenvalue weighted by Crippen LogP contribution is 2.21. The fourth-order valence-corrected chi connectivity index (χ4v) is 2.13. The predicted molar refractivity (Wildman–Crippen MR) is 84.0 cm³/mol. The van der Waals surface area contributed by atoms with Gasteiger partial charge in [-0.25, -0.2) is 9.18 Å². The molecule has 0 saturated heterocycles. The minimum atomic E-state index is -0.652. The molecule has 1 heterocycles. The summed E-state index contributed by atoms with van der Waals surface area (Å²) in [6, 6.07) is 15.0. The topological polar surface area (TPSA) is 61.6 Å². The number of benzene rings is 2. The van der Waals surface area contributed by atoms with E-state index in [0.29, 0.717) is 11.5 Å². The van der Waals surface area contributed by atoms with Gasteiger partial charge < -0.3 is 14.0 Å². The quantitative estimate of drug-likeness (QED) is 0.666. The van der Waals surface area contributed by atoms with E-state index in [0.717, 1.165) is 11.6 Å². The lowest BCUT2D eigenvalue weighted by Gasteiger charge is -2.05. The van der Waals surface area contributed by atoms with Crippen molar-refractivity contribution < 1.29 is 23.2 Å². The van der Waals surface area contributed by atoms with E-state index in [4.69, 9.17) is 14.0 Å². The molecular formula is C18H14FNO4. The van der Waals surface area contributed by atoms with Crippen LogP contribution in [0.15, 0.2) is 59.1 Å². The third-order valence-corrected chi connectivity index (χ3v) is 3.36. The lowest BCUT2D eigenvalue weighted by atomic mass is 10.2. The van der Waals surface area contributed by atoms with Crippen LogP contribution in [-0.2, 0) is 11.3 Å². The van der Waals surface area contributed by atoms with Crippen molar-refractivity contribution in [3.63, 3.8) is 0 Å². The van der Waals surface area contributed by atoms with Gasteiger partial charge in [0.1, 0.15) is 12.3 Å². The first-order valence-electron chi connectivity index (χ1n) is 7.19. The lowest BCUT2D eigenvalue weighted by Crippen LogP contribution is -2.06. The molecule has 3 aromatic rings. The Morgan fingerprint density at radius 3 is 2.67 bits per heavy atom. The summed E-state index contributed by atoms with van der Waals surface area (Å²) in [5, 5.41) is 3.86. The summed E-state index contributed by atoms with van der Waals surface area (Å²) in [5.41, 5.74) is 1.44. The number of ether oxygens (including phenoxy) is 2. The maximum Gasteiger partial charge on any atom is 0.338 e. The largest absolute Gasteiger partial charge is 0.494 e. The third-order valence-electron chi connectivity index (χ3n) is 3.36. The van der Waals surface area contributed by atoms with Crippen molar-refractivity contribution in [1.29, 1.82) is 0 Å². The highest BCUT2D eigenvalue weighted by molar-refractivity contribution is 5.89. The van der Waals surface area contributed by atoms with Crippen LogP contribution in [0.2, 0.25) is 0 Å². The van der Waals surface area contributed by atoms with Gasteiger partial charge in [-0.2, -0.15) is 0 Å². The van der Waals surface area contributed by atoms with Crippen molar-refractivity contribution in [2.45, 2.75) is 6.61 Å². The van der Waals surface area contributed by atoms with E-state index in [1.165, 1.54) is 19.2 Å². The Labute approximate surface area is 137 Å². The molecule has 24 heavy (non-hydrogen) atoms. The minimum absolute atomic E-state index is 0.0653. The average molecular weight is 327 g/mol. The van der Waals surface area contributed by atoms with Gasteiger partial charge in [0, 0.05) is 11.6 Å². The molecule has 2 aromatic carbocycles. The Hall–Kier alpha value is -3.15. The fraction of sp³-hybridized carbons (Fsp3) is 0.111. The molecule has 0 unspecified atom stereocenters. The average Bonchev–Trinajstić information content (AvgIpc) is 3.09. The van der Waals surface area contributed by atoms with Crippen molar-refractivity contribution in [3.8, 4) is 17.1 Å². The zero-order valence-corrected chi connectivity index (χ0v) is 12.9. The number of hydrogen-bond donors (Lipinski definition) is 0. The van der Waals surface area contributed by atoms with Crippen molar-refractivity contribution >= 4 is 5.97 Å². The van der Waals surface area contributed by atoms with Crippen molar-refractivity contribution in [2.75, 3.05) is 7.11 Å². The SMILES string of the molecule is COc1ccc(C(=O)OCc2cc(-c3ccccc3)on2)cc1F. The molecule has 6 heteroatoms. The molecule has 1 aromatic heterocycles. The van der Waals surface area contributed by atoms with E-state index in [1.807, 2.05) is 30.3 Å². The zero-order chi connectivity index (χ0) is 16.9. The predicted octanol–water partition coefficient (Wildman–Crippen LogP) is 3.85. The summed E-state index contributed by atoms with van der Waals surface area (Å²) in [4.78, 5) is 12.0.